The number of carboxylic acid groups (broad SMARTS) is 1. The van der Waals surface area contributed by atoms with Gasteiger partial charge in [-0.2, -0.15) is 0 Å². The van der Waals surface area contributed by atoms with Crippen molar-refractivity contribution < 1.29 is 9.90 Å². The van der Waals surface area contributed by atoms with Crippen molar-refractivity contribution in [2.24, 2.45) is 0 Å². The Morgan fingerprint density at radius 1 is 1.57 bits per heavy atom. The van der Waals surface area contributed by atoms with Crippen molar-refractivity contribution >= 4 is 24.2 Å². The number of fused-ring (bicyclic) bond motifs is 1. The van der Waals surface area contributed by atoms with Crippen molar-refractivity contribution in [1.82, 2.24) is 4.98 Å². The predicted molar refractivity (Wildman–Crippen MR) is 55.4 cm³/mol. The number of hydrogen-bond donors (Lipinski definition) is 1. The van der Waals surface area contributed by atoms with Gasteiger partial charge in [0.15, 0.2) is 5.69 Å². The molecule has 0 fully saturated rings. The van der Waals surface area contributed by atoms with E-state index in [1.54, 1.807) is 6.07 Å². The molecule has 0 atom stereocenters. The van der Waals surface area contributed by atoms with Crippen LogP contribution in [0.25, 0.3) is 0 Å². The average molecular weight is 215 g/mol. The quantitative estimate of drug-likeness (QED) is 0.763. The van der Waals surface area contributed by atoms with Gasteiger partial charge in [-0.05, 0) is 18.1 Å². The molecule has 1 aliphatic heterocycles. The molecule has 0 aliphatic carbocycles. The Hall–Kier alpha value is -1.29. The zero-order valence-corrected chi connectivity index (χ0v) is 8.54. The molecule has 0 saturated heterocycles. The van der Waals surface area contributed by atoms with Crippen LogP contribution in [0, 0.1) is 0 Å². The minimum Gasteiger partial charge on any atom is -0.477 e. The van der Waals surface area contributed by atoms with E-state index in [0.29, 0.717) is 0 Å². The molecule has 1 aromatic heterocycles. The number of anilines is 1. The van der Waals surface area contributed by atoms with Crippen LogP contribution in [0.4, 0.5) is 5.82 Å². The van der Waals surface area contributed by atoms with Gasteiger partial charge in [0, 0.05) is 13.6 Å². The summed E-state index contributed by atoms with van der Waals surface area (Å²) in [6.45, 7) is 0.922. The number of carboxylic acids is 1. The van der Waals surface area contributed by atoms with Gasteiger partial charge in [0.25, 0.3) is 0 Å². The summed E-state index contributed by atoms with van der Waals surface area (Å²) in [5.41, 5.74) is 1.25. The first-order valence-electron chi connectivity index (χ1n) is 4.13. The fraction of sp³-hybridized carbons (Fsp3) is 0.333. The number of hydrogen-bond acceptors (Lipinski definition) is 3. The molecule has 0 bridgehead atoms. The minimum absolute atomic E-state index is 0. The average Bonchev–Trinajstić information content (AvgIpc) is 2.47. The maximum Gasteiger partial charge on any atom is 0.354 e. The smallest absolute Gasteiger partial charge is 0.354 e. The van der Waals surface area contributed by atoms with Crippen molar-refractivity contribution in [3.63, 3.8) is 0 Å². The molecule has 5 heteroatoms. The summed E-state index contributed by atoms with van der Waals surface area (Å²) in [6, 6.07) is 3.40. The fourth-order valence-electron chi connectivity index (χ4n) is 1.52. The third kappa shape index (κ3) is 1.65. The van der Waals surface area contributed by atoms with E-state index in [4.69, 9.17) is 5.11 Å². The molecule has 0 saturated carbocycles. The maximum absolute atomic E-state index is 10.6. The largest absolute Gasteiger partial charge is 0.477 e. The van der Waals surface area contributed by atoms with Crippen LogP contribution < -0.4 is 4.90 Å². The van der Waals surface area contributed by atoms with Crippen LogP contribution in [0.1, 0.15) is 16.1 Å². The number of nitrogens with zero attached hydrogens (tertiary/aromatic N) is 2. The number of likely N-dealkylation sites (N-methyl/N-ethyl adjacent to an activating group) is 1. The molecule has 2 rings (SSSR count). The van der Waals surface area contributed by atoms with Gasteiger partial charge in [-0.15, -0.1) is 12.4 Å². The Balaban J connectivity index is 0.000000980. The van der Waals surface area contributed by atoms with Crippen LogP contribution in [-0.4, -0.2) is 29.7 Å². The lowest BCUT2D eigenvalue weighted by Gasteiger charge is -2.10. The summed E-state index contributed by atoms with van der Waals surface area (Å²) in [4.78, 5) is 16.7. The van der Waals surface area contributed by atoms with Gasteiger partial charge >= 0.3 is 5.97 Å². The van der Waals surface area contributed by atoms with Gasteiger partial charge in [0.2, 0.25) is 0 Å². The van der Waals surface area contributed by atoms with Crippen molar-refractivity contribution in [3.8, 4) is 0 Å². The van der Waals surface area contributed by atoms with Crippen molar-refractivity contribution in [2.75, 3.05) is 18.5 Å². The van der Waals surface area contributed by atoms with Gasteiger partial charge in [-0.25, -0.2) is 9.78 Å². The lowest BCUT2D eigenvalue weighted by Crippen LogP contribution is -2.14. The summed E-state index contributed by atoms with van der Waals surface area (Å²) in [6.07, 6.45) is 0.957. The van der Waals surface area contributed by atoms with Gasteiger partial charge < -0.3 is 10.0 Å². The fourth-order valence-corrected chi connectivity index (χ4v) is 1.52. The number of pyridine rings is 1. The summed E-state index contributed by atoms with van der Waals surface area (Å²) in [7, 11) is 1.92. The highest BCUT2D eigenvalue weighted by Gasteiger charge is 2.18. The number of aromatic carboxylic acids is 1. The topological polar surface area (TPSA) is 53.4 Å². The predicted octanol–water partition coefficient (Wildman–Crippen LogP) is 1.19. The maximum atomic E-state index is 10.6. The normalized spacial score (nSPS) is 13.4. The van der Waals surface area contributed by atoms with Crippen LogP contribution >= 0.6 is 12.4 Å². The SMILES string of the molecule is CN1CCc2ccc(C(=O)O)nc21.Cl. The second-order valence-electron chi connectivity index (χ2n) is 3.16. The third-order valence-electron chi connectivity index (χ3n) is 2.25. The highest BCUT2D eigenvalue weighted by atomic mass is 35.5. The van der Waals surface area contributed by atoms with Gasteiger partial charge in [0.05, 0.1) is 0 Å². The second-order valence-corrected chi connectivity index (χ2v) is 3.16. The summed E-state index contributed by atoms with van der Waals surface area (Å²) < 4.78 is 0. The number of aromatic nitrogens is 1. The molecular weight excluding hydrogens is 204 g/mol. The molecule has 0 spiro atoms. The van der Waals surface area contributed by atoms with E-state index in [1.165, 1.54) is 0 Å². The molecule has 0 aromatic carbocycles. The van der Waals surface area contributed by atoms with Gasteiger partial charge in [-0.1, -0.05) is 6.07 Å². The van der Waals surface area contributed by atoms with E-state index in [1.807, 2.05) is 18.0 Å². The molecule has 0 radical (unpaired) electrons. The Morgan fingerprint density at radius 3 is 2.93 bits per heavy atom. The first-order chi connectivity index (χ1) is 6.18. The van der Waals surface area contributed by atoms with E-state index in [-0.39, 0.29) is 18.1 Å². The third-order valence-corrected chi connectivity index (χ3v) is 2.25. The van der Waals surface area contributed by atoms with E-state index in [2.05, 4.69) is 4.98 Å². The zero-order chi connectivity index (χ0) is 9.42. The molecule has 2 heterocycles. The van der Waals surface area contributed by atoms with E-state index in [9.17, 15) is 4.79 Å². The van der Waals surface area contributed by atoms with Crippen LogP contribution in [0.2, 0.25) is 0 Å². The molecule has 0 amide bonds. The highest BCUT2D eigenvalue weighted by Crippen LogP contribution is 2.23. The molecule has 1 N–H and O–H groups in total. The molecule has 0 unspecified atom stereocenters. The second kappa shape index (κ2) is 3.84. The summed E-state index contributed by atoms with van der Waals surface area (Å²) in [5.74, 6) is -0.164. The van der Waals surface area contributed by atoms with Gasteiger partial charge in [0.1, 0.15) is 5.82 Å². The lowest BCUT2D eigenvalue weighted by atomic mass is 10.2. The van der Waals surface area contributed by atoms with Crippen molar-refractivity contribution in [2.45, 2.75) is 6.42 Å². The van der Waals surface area contributed by atoms with E-state index >= 15 is 0 Å². The number of carbonyl (C=O) groups is 1. The Labute approximate surface area is 88.0 Å². The summed E-state index contributed by atoms with van der Waals surface area (Å²) in [5, 5.41) is 8.72. The first-order valence-corrected chi connectivity index (χ1v) is 4.13. The minimum atomic E-state index is -0.969. The molecule has 76 valence electrons. The molecule has 4 nitrogen and oxygen atoms in total. The Morgan fingerprint density at radius 2 is 2.29 bits per heavy atom. The van der Waals surface area contributed by atoms with Gasteiger partial charge in [-0.3, -0.25) is 0 Å². The monoisotopic (exact) mass is 214 g/mol. The lowest BCUT2D eigenvalue weighted by molar-refractivity contribution is 0.0690. The first kappa shape index (κ1) is 10.8. The molecule has 1 aliphatic rings. The van der Waals surface area contributed by atoms with E-state index < -0.39 is 5.97 Å². The standard InChI is InChI=1S/C9H10N2O2.ClH/c1-11-5-4-6-2-3-7(9(12)13)10-8(6)11;/h2-3H,4-5H2,1H3,(H,12,13);1H. The number of halogens is 1. The Kier molecular flexibility index (Phi) is 2.96. The van der Waals surface area contributed by atoms with Crippen LogP contribution in [0.15, 0.2) is 12.1 Å². The van der Waals surface area contributed by atoms with Crippen LogP contribution in [0.3, 0.4) is 0 Å². The van der Waals surface area contributed by atoms with Crippen LogP contribution in [0.5, 0.6) is 0 Å². The highest BCUT2D eigenvalue weighted by molar-refractivity contribution is 5.86. The number of rotatable bonds is 1. The van der Waals surface area contributed by atoms with Crippen LogP contribution in [-0.2, 0) is 6.42 Å². The molecule has 14 heavy (non-hydrogen) atoms. The van der Waals surface area contributed by atoms with Crippen molar-refractivity contribution in [3.05, 3.63) is 23.4 Å². The van der Waals surface area contributed by atoms with Crippen molar-refractivity contribution in [1.29, 1.82) is 0 Å². The van der Waals surface area contributed by atoms with E-state index in [0.717, 1.165) is 24.3 Å². The molecular formula is C9H11ClN2O2. The zero-order valence-electron chi connectivity index (χ0n) is 7.73. The Bertz CT molecular complexity index is 368. The molecule has 1 aromatic rings. The summed E-state index contributed by atoms with van der Waals surface area (Å²) >= 11 is 0.